The molecule has 2 aromatic rings. The van der Waals surface area contributed by atoms with Gasteiger partial charge in [0.2, 0.25) is 0 Å². The Morgan fingerprint density at radius 3 is 2.24 bits per heavy atom. The number of piperidine rings is 1. The number of carbonyl (C=O) groups is 1. The van der Waals surface area contributed by atoms with Gasteiger partial charge in [-0.15, -0.1) is 24.8 Å². The highest BCUT2D eigenvalue weighted by atomic mass is 35.5. The Balaban J connectivity index is 0.00000204. The van der Waals surface area contributed by atoms with Crippen molar-refractivity contribution in [3.8, 4) is 0 Å². The largest absolute Gasteiger partial charge is 0.303 e. The quantitative estimate of drug-likeness (QED) is 0.370. The van der Waals surface area contributed by atoms with Gasteiger partial charge >= 0.3 is 0 Å². The number of nitrogens with zero attached hydrogens (tertiary/aromatic N) is 2. The smallest absolute Gasteiger partial charge is 0.162 e. The summed E-state index contributed by atoms with van der Waals surface area (Å²) >= 11 is 6.02. The van der Waals surface area contributed by atoms with Crippen LogP contribution >= 0.6 is 36.4 Å². The van der Waals surface area contributed by atoms with E-state index in [4.69, 9.17) is 11.6 Å². The third-order valence-corrected chi connectivity index (χ3v) is 7.65. The third-order valence-electron chi connectivity index (χ3n) is 7.40. The molecule has 0 unspecified atom stereocenters. The number of hydrogen-bond donors (Lipinski definition) is 0. The molecule has 0 aliphatic carbocycles. The normalized spacial score (nSPS) is 17.4. The summed E-state index contributed by atoms with van der Waals surface area (Å²) in [5.74, 6) is 0.935. The standard InChI is InChI=1S/C28H37ClN2O.2ClH/c1-21(2)31-18-13-23-5-6-26(20-25(23)14-19-31)28(32)4-3-15-30-16-11-24(12-17-30)22-7-9-27(29)10-8-22;;/h5-10,20-21,24H,3-4,11-19H2,1-2H3;2*1H. The van der Waals surface area contributed by atoms with Crippen LogP contribution in [0.5, 0.6) is 0 Å². The van der Waals surface area contributed by atoms with Crippen LogP contribution in [-0.4, -0.2) is 54.3 Å². The van der Waals surface area contributed by atoms with Crippen molar-refractivity contribution in [2.24, 2.45) is 0 Å². The SMILES string of the molecule is CC(C)N1CCc2ccc(C(=O)CCCN3CCC(c4ccc(Cl)cc4)CC3)cc2CC1.Cl.Cl. The van der Waals surface area contributed by atoms with E-state index < -0.39 is 0 Å². The fourth-order valence-corrected chi connectivity index (χ4v) is 5.39. The number of halogens is 3. The minimum absolute atomic E-state index is 0. The first kappa shape index (κ1) is 29.1. The third kappa shape index (κ3) is 7.70. The molecule has 1 saturated heterocycles. The van der Waals surface area contributed by atoms with Gasteiger partial charge in [-0.3, -0.25) is 4.79 Å². The van der Waals surface area contributed by atoms with E-state index in [0.29, 0.717) is 24.2 Å². The highest BCUT2D eigenvalue weighted by molar-refractivity contribution is 6.30. The zero-order valence-corrected chi connectivity index (χ0v) is 22.9. The summed E-state index contributed by atoms with van der Waals surface area (Å²) in [5, 5.41) is 0.808. The number of Topliss-reactive ketones (excluding diaryl/α,β-unsaturated/α-hetero) is 1. The van der Waals surface area contributed by atoms with Gasteiger partial charge in [-0.1, -0.05) is 35.9 Å². The monoisotopic (exact) mass is 524 g/mol. The first-order valence-electron chi connectivity index (χ1n) is 12.4. The van der Waals surface area contributed by atoms with Crippen molar-refractivity contribution in [1.29, 1.82) is 0 Å². The van der Waals surface area contributed by atoms with Gasteiger partial charge in [0.25, 0.3) is 0 Å². The molecule has 0 N–H and O–H groups in total. The predicted molar refractivity (Wildman–Crippen MR) is 148 cm³/mol. The van der Waals surface area contributed by atoms with Crippen molar-refractivity contribution in [1.82, 2.24) is 9.80 Å². The van der Waals surface area contributed by atoms with Crippen LogP contribution < -0.4 is 0 Å². The molecule has 2 heterocycles. The molecule has 0 amide bonds. The van der Waals surface area contributed by atoms with E-state index in [1.165, 1.54) is 29.5 Å². The lowest BCUT2D eigenvalue weighted by Gasteiger charge is -2.32. The van der Waals surface area contributed by atoms with Crippen LogP contribution in [0.15, 0.2) is 42.5 Å². The molecule has 0 bridgehead atoms. The number of benzene rings is 2. The van der Waals surface area contributed by atoms with Crippen LogP contribution in [0.25, 0.3) is 0 Å². The van der Waals surface area contributed by atoms with E-state index in [1.54, 1.807) is 0 Å². The van der Waals surface area contributed by atoms with Gasteiger partial charge in [-0.2, -0.15) is 0 Å². The zero-order valence-electron chi connectivity index (χ0n) is 20.5. The van der Waals surface area contributed by atoms with Gasteiger partial charge in [-0.25, -0.2) is 0 Å². The minimum atomic E-state index is 0. The number of hydrogen-bond acceptors (Lipinski definition) is 3. The first-order chi connectivity index (χ1) is 15.5. The summed E-state index contributed by atoms with van der Waals surface area (Å²) in [4.78, 5) is 17.9. The maximum Gasteiger partial charge on any atom is 0.162 e. The van der Waals surface area contributed by atoms with Crippen LogP contribution in [0.1, 0.15) is 72.5 Å². The molecule has 0 radical (unpaired) electrons. The Morgan fingerprint density at radius 2 is 1.59 bits per heavy atom. The number of ketones is 1. The second-order valence-corrected chi connectivity index (χ2v) is 10.2. The maximum atomic E-state index is 12.9. The van der Waals surface area contributed by atoms with Gasteiger partial charge in [-0.05, 0) is 106 Å². The fraction of sp³-hybridized carbons (Fsp3) is 0.536. The molecule has 0 atom stereocenters. The van der Waals surface area contributed by atoms with E-state index in [0.717, 1.165) is 62.6 Å². The Kier molecular flexibility index (Phi) is 11.9. The van der Waals surface area contributed by atoms with Crippen molar-refractivity contribution < 1.29 is 4.79 Å². The molecule has 0 spiro atoms. The molecule has 188 valence electrons. The Hall–Kier alpha value is -1.10. The van der Waals surface area contributed by atoms with Crippen LogP contribution in [0.2, 0.25) is 5.02 Å². The molecule has 0 saturated carbocycles. The second-order valence-electron chi connectivity index (χ2n) is 9.81. The van der Waals surface area contributed by atoms with Crippen molar-refractivity contribution in [2.75, 3.05) is 32.7 Å². The molecule has 2 aromatic carbocycles. The molecular formula is C28H39Cl3N2O. The molecule has 6 heteroatoms. The van der Waals surface area contributed by atoms with E-state index in [-0.39, 0.29) is 24.8 Å². The van der Waals surface area contributed by atoms with Gasteiger partial charge in [0.05, 0.1) is 0 Å². The second kappa shape index (κ2) is 13.8. The van der Waals surface area contributed by atoms with Crippen LogP contribution in [0.4, 0.5) is 0 Å². The number of rotatable bonds is 7. The number of likely N-dealkylation sites (tertiary alicyclic amines) is 1. The lowest BCUT2D eigenvalue weighted by Crippen LogP contribution is -2.33. The lowest BCUT2D eigenvalue weighted by molar-refractivity contribution is 0.0972. The van der Waals surface area contributed by atoms with Gasteiger partial charge in [0, 0.05) is 36.1 Å². The van der Waals surface area contributed by atoms with Gasteiger partial charge < -0.3 is 9.80 Å². The maximum absolute atomic E-state index is 12.9. The van der Waals surface area contributed by atoms with Gasteiger partial charge in [0.15, 0.2) is 5.78 Å². The highest BCUT2D eigenvalue weighted by Gasteiger charge is 2.21. The molecule has 4 rings (SSSR count). The molecule has 34 heavy (non-hydrogen) atoms. The minimum Gasteiger partial charge on any atom is -0.303 e. The highest BCUT2D eigenvalue weighted by Crippen LogP contribution is 2.29. The molecule has 0 aromatic heterocycles. The molecule has 2 aliphatic rings. The van der Waals surface area contributed by atoms with E-state index in [2.05, 4.69) is 54.0 Å². The van der Waals surface area contributed by atoms with Crippen molar-refractivity contribution in [2.45, 2.75) is 64.3 Å². The summed E-state index contributed by atoms with van der Waals surface area (Å²) in [6.07, 6.45) is 6.11. The van der Waals surface area contributed by atoms with Crippen molar-refractivity contribution >= 4 is 42.2 Å². The Labute approximate surface area is 223 Å². The number of carbonyl (C=O) groups excluding carboxylic acids is 1. The van der Waals surface area contributed by atoms with Crippen LogP contribution in [-0.2, 0) is 12.8 Å². The zero-order chi connectivity index (χ0) is 22.5. The first-order valence-corrected chi connectivity index (χ1v) is 12.7. The average Bonchev–Trinajstić information content (AvgIpc) is 3.02. The van der Waals surface area contributed by atoms with E-state index >= 15 is 0 Å². The molecule has 1 fully saturated rings. The summed E-state index contributed by atoms with van der Waals surface area (Å²) < 4.78 is 0. The van der Waals surface area contributed by atoms with Crippen LogP contribution in [0.3, 0.4) is 0 Å². The lowest BCUT2D eigenvalue weighted by atomic mass is 9.89. The fourth-order valence-electron chi connectivity index (χ4n) is 5.26. The number of fused-ring (bicyclic) bond motifs is 1. The van der Waals surface area contributed by atoms with Crippen molar-refractivity contribution in [3.63, 3.8) is 0 Å². The Morgan fingerprint density at radius 1 is 0.941 bits per heavy atom. The van der Waals surface area contributed by atoms with E-state index in [1.807, 2.05) is 12.1 Å². The topological polar surface area (TPSA) is 23.6 Å². The summed E-state index contributed by atoms with van der Waals surface area (Å²) in [5.41, 5.74) is 5.11. The van der Waals surface area contributed by atoms with Crippen molar-refractivity contribution in [3.05, 3.63) is 69.7 Å². The van der Waals surface area contributed by atoms with E-state index in [9.17, 15) is 4.79 Å². The summed E-state index contributed by atoms with van der Waals surface area (Å²) in [6.45, 7) is 10.0. The summed E-state index contributed by atoms with van der Waals surface area (Å²) in [6, 6.07) is 15.4. The van der Waals surface area contributed by atoms with Gasteiger partial charge in [0.1, 0.15) is 0 Å². The molecular weight excluding hydrogens is 487 g/mol. The molecule has 2 aliphatic heterocycles. The summed E-state index contributed by atoms with van der Waals surface area (Å²) in [7, 11) is 0. The Bertz CT molecular complexity index is 908. The van der Waals surface area contributed by atoms with Crippen LogP contribution in [0, 0.1) is 0 Å². The predicted octanol–water partition coefficient (Wildman–Crippen LogP) is 6.84. The average molecular weight is 526 g/mol. The molecule has 3 nitrogen and oxygen atoms in total.